The van der Waals surface area contributed by atoms with Crippen molar-refractivity contribution in [3.05, 3.63) is 41.8 Å². The van der Waals surface area contributed by atoms with E-state index in [0.717, 1.165) is 30.5 Å². The molecule has 1 aliphatic carbocycles. The molecule has 31 heavy (non-hydrogen) atoms. The first kappa shape index (κ1) is 23.5. The molecule has 1 saturated heterocycles. The monoisotopic (exact) mass is 428 g/mol. The summed E-state index contributed by atoms with van der Waals surface area (Å²) in [4.78, 5) is 28.3. The van der Waals surface area contributed by atoms with Gasteiger partial charge in [-0.2, -0.15) is 0 Å². The van der Waals surface area contributed by atoms with E-state index in [2.05, 4.69) is 32.5 Å². The number of β-amino-alcohol motifs (C(OH)–C–C–N with tert-alkyl or cyclic N) is 1. The van der Waals surface area contributed by atoms with E-state index in [0.29, 0.717) is 25.0 Å². The number of allylic oxidation sites excluding steroid dienone is 3. The average molecular weight is 429 g/mol. The van der Waals surface area contributed by atoms with Gasteiger partial charge in [0.1, 0.15) is 11.7 Å². The maximum atomic E-state index is 13.7. The number of hydrogen-bond acceptors (Lipinski definition) is 5. The Hall–Kier alpha value is -2.21. The lowest BCUT2D eigenvalue weighted by Crippen LogP contribution is -2.45. The Labute approximate surface area is 185 Å². The molecule has 3 atom stereocenters. The number of nitrogens with zero attached hydrogens (tertiary/aromatic N) is 2. The number of rotatable bonds is 8. The largest absolute Gasteiger partial charge is 0.391 e. The number of amides is 1. The van der Waals surface area contributed by atoms with Gasteiger partial charge in [-0.25, -0.2) is 0 Å². The average Bonchev–Trinajstić information content (AvgIpc) is 3.31. The number of hydrogen-bond donors (Lipinski definition) is 1. The summed E-state index contributed by atoms with van der Waals surface area (Å²) >= 11 is 0. The minimum atomic E-state index is -0.680. The molecular formula is C25H36N2O4. The van der Waals surface area contributed by atoms with E-state index in [4.69, 9.17) is 4.52 Å². The minimum Gasteiger partial charge on any atom is -0.391 e. The summed E-state index contributed by atoms with van der Waals surface area (Å²) in [5.41, 5.74) is 1.65. The Morgan fingerprint density at radius 3 is 2.58 bits per heavy atom. The highest BCUT2D eigenvalue weighted by Crippen LogP contribution is 2.42. The highest BCUT2D eigenvalue weighted by atomic mass is 16.5. The summed E-state index contributed by atoms with van der Waals surface area (Å²) < 4.78 is 5.66. The maximum absolute atomic E-state index is 13.7. The van der Waals surface area contributed by atoms with Gasteiger partial charge in [0, 0.05) is 30.9 Å². The van der Waals surface area contributed by atoms with Crippen molar-refractivity contribution in [1.29, 1.82) is 0 Å². The molecule has 1 aromatic rings. The lowest BCUT2D eigenvalue weighted by atomic mass is 9.74. The standard InChI is InChI=1S/C25H36N2O4/c1-6-16(7-2)11-12-20(29)19-13-18(28)15-27(19)24(30)23(17-9-8-10-17)21-14-22(26-31-21)25(3,4)5/h6-7,14,17-19,23,28H,1,8-13,15H2,2-5H3/b16-7+. The Morgan fingerprint density at radius 2 is 2.06 bits per heavy atom. The van der Waals surface area contributed by atoms with Crippen molar-refractivity contribution in [2.24, 2.45) is 5.92 Å². The molecule has 2 aliphatic rings. The van der Waals surface area contributed by atoms with Crippen molar-refractivity contribution in [1.82, 2.24) is 10.1 Å². The molecule has 6 heteroatoms. The fourth-order valence-electron chi connectivity index (χ4n) is 4.46. The number of carbonyl (C=O) groups excluding carboxylic acids is 2. The third-order valence-electron chi connectivity index (χ3n) is 6.72. The summed E-state index contributed by atoms with van der Waals surface area (Å²) in [6.45, 7) is 12.1. The molecule has 1 N–H and O–H groups in total. The lowest BCUT2D eigenvalue weighted by Gasteiger charge is -2.35. The number of aromatic nitrogens is 1. The van der Waals surface area contributed by atoms with Crippen LogP contribution in [-0.4, -0.2) is 45.5 Å². The van der Waals surface area contributed by atoms with Gasteiger partial charge in [-0.05, 0) is 32.1 Å². The zero-order valence-electron chi connectivity index (χ0n) is 19.3. The molecule has 1 aliphatic heterocycles. The number of aliphatic hydroxyl groups is 1. The third-order valence-corrected chi connectivity index (χ3v) is 6.72. The van der Waals surface area contributed by atoms with Gasteiger partial charge >= 0.3 is 0 Å². The molecule has 0 aromatic carbocycles. The number of ketones is 1. The van der Waals surface area contributed by atoms with Crippen molar-refractivity contribution in [3.63, 3.8) is 0 Å². The molecule has 2 fully saturated rings. The van der Waals surface area contributed by atoms with Crippen LogP contribution in [0.25, 0.3) is 0 Å². The van der Waals surface area contributed by atoms with E-state index in [-0.39, 0.29) is 29.6 Å². The number of likely N-dealkylation sites (tertiary alicyclic amines) is 1. The van der Waals surface area contributed by atoms with Crippen molar-refractivity contribution in [3.8, 4) is 0 Å². The van der Waals surface area contributed by atoms with E-state index >= 15 is 0 Å². The van der Waals surface area contributed by atoms with Crippen LogP contribution in [0.2, 0.25) is 0 Å². The summed E-state index contributed by atoms with van der Waals surface area (Å²) in [6.07, 6.45) is 7.24. The van der Waals surface area contributed by atoms with Gasteiger partial charge < -0.3 is 14.5 Å². The smallest absolute Gasteiger partial charge is 0.234 e. The van der Waals surface area contributed by atoms with Gasteiger partial charge in [0.15, 0.2) is 5.78 Å². The number of carbonyl (C=O) groups is 2. The van der Waals surface area contributed by atoms with Crippen molar-refractivity contribution in [2.75, 3.05) is 6.54 Å². The molecular weight excluding hydrogens is 392 g/mol. The van der Waals surface area contributed by atoms with Gasteiger partial charge in [0.05, 0.1) is 17.8 Å². The Morgan fingerprint density at radius 1 is 1.35 bits per heavy atom. The normalized spacial score (nSPS) is 23.5. The van der Waals surface area contributed by atoms with Crippen LogP contribution >= 0.6 is 0 Å². The minimum absolute atomic E-state index is 0.00795. The van der Waals surface area contributed by atoms with E-state index in [1.165, 1.54) is 0 Å². The second-order valence-electron chi connectivity index (χ2n) is 9.96. The van der Waals surface area contributed by atoms with Gasteiger partial charge in [-0.1, -0.05) is 56.7 Å². The zero-order valence-corrected chi connectivity index (χ0v) is 19.3. The second kappa shape index (κ2) is 9.51. The molecule has 2 heterocycles. The van der Waals surface area contributed by atoms with E-state index in [1.54, 1.807) is 11.0 Å². The Bertz CT molecular complexity index is 844. The van der Waals surface area contributed by atoms with Crippen LogP contribution in [-0.2, 0) is 15.0 Å². The van der Waals surface area contributed by atoms with Crippen LogP contribution in [0.5, 0.6) is 0 Å². The quantitative estimate of drug-likeness (QED) is 0.624. The molecule has 3 unspecified atom stereocenters. The van der Waals surface area contributed by atoms with E-state index in [1.807, 2.05) is 19.1 Å². The highest BCUT2D eigenvalue weighted by molar-refractivity contribution is 5.92. The molecule has 0 radical (unpaired) electrons. The molecule has 6 nitrogen and oxygen atoms in total. The predicted octanol–water partition coefficient (Wildman–Crippen LogP) is 4.30. The molecule has 1 amide bonds. The maximum Gasteiger partial charge on any atom is 0.234 e. The topological polar surface area (TPSA) is 83.6 Å². The molecule has 170 valence electrons. The summed E-state index contributed by atoms with van der Waals surface area (Å²) in [5, 5.41) is 14.5. The fourth-order valence-corrected chi connectivity index (χ4v) is 4.46. The van der Waals surface area contributed by atoms with Gasteiger partial charge in [-0.3, -0.25) is 9.59 Å². The number of aliphatic hydroxyl groups excluding tert-OH is 1. The van der Waals surface area contributed by atoms with Crippen LogP contribution < -0.4 is 0 Å². The van der Waals surface area contributed by atoms with Crippen molar-refractivity contribution >= 4 is 11.7 Å². The van der Waals surface area contributed by atoms with E-state index in [9.17, 15) is 14.7 Å². The van der Waals surface area contributed by atoms with Gasteiger partial charge in [0.25, 0.3) is 0 Å². The molecule has 1 saturated carbocycles. The molecule has 0 spiro atoms. The summed E-state index contributed by atoms with van der Waals surface area (Å²) in [6, 6.07) is 1.31. The first-order valence-corrected chi connectivity index (χ1v) is 11.4. The lowest BCUT2D eigenvalue weighted by molar-refractivity contribution is -0.141. The highest BCUT2D eigenvalue weighted by Gasteiger charge is 2.45. The predicted molar refractivity (Wildman–Crippen MR) is 120 cm³/mol. The van der Waals surface area contributed by atoms with Gasteiger partial charge in [0.2, 0.25) is 5.91 Å². The van der Waals surface area contributed by atoms with Crippen LogP contribution in [0.3, 0.4) is 0 Å². The fraction of sp³-hybridized carbons (Fsp3) is 0.640. The molecule has 1 aromatic heterocycles. The van der Waals surface area contributed by atoms with Gasteiger partial charge in [-0.15, -0.1) is 0 Å². The third kappa shape index (κ3) is 5.17. The SMILES string of the molecule is C=C/C(=C\C)CCC(=O)C1CC(O)CN1C(=O)C(c1cc(C(C)(C)C)no1)C1CCC1. The van der Waals surface area contributed by atoms with Crippen LogP contribution in [0.1, 0.15) is 83.6 Å². The first-order valence-electron chi connectivity index (χ1n) is 11.4. The molecule has 3 rings (SSSR count). The Balaban J connectivity index is 1.81. The second-order valence-corrected chi connectivity index (χ2v) is 9.96. The Kier molecular flexibility index (Phi) is 7.20. The van der Waals surface area contributed by atoms with Crippen LogP contribution in [0, 0.1) is 5.92 Å². The summed E-state index contributed by atoms with van der Waals surface area (Å²) in [7, 11) is 0. The molecule has 0 bridgehead atoms. The van der Waals surface area contributed by atoms with Crippen LogP contribution in [0.15, 0.2) is 34.9 Å². The van der Waals surface area contributed by atoms with Crippen molar-refractivity contribution < 1.29 is 19.2 Å². The summed E-state index contributed by atoms with van der Waals surface area (Å²) in [5.74, 6) is 0.196. The van der Waals surface area contributed by atoms with Crippen LogP contribution in [0.4, 0.5) is 0 Å². The van der Waals surface area contributed by atoms with E-state index < -0.39 is 18.1 Å². The zero-order chi connectivity index (χ0) is 22.8. The van der Waals surface area contributed by atoms with Crippen molar-refractivity contribution in [2.45, 2.75) is 89.7 Å². The first-order chi connectivity index (χ1) is 14.7. The number of Topliss-reactive ketones (excluding diaryl/α,β-unsaturated/α-hetero) is 1.